The monoisotopic (exact) mass is 347 g/mol. The Morgan fingerprint density at radius 2 is 1.62 bits per heavy atom. The van der Waals surface area contributed by atoms with Gasteiger partial charge in [0.25, 0.3) is 0 Å². The Balaban J connectivity index is 1.50. The highest BCUT2D eigenvalue weighted by molar-refractivity contribution is 5.48. The molecule has 0 aliphatic heterocycles. The average molecular weight is 347 g/mol. The first kappa shape index (κ1) is 17.9. The molecular formula is C23H25NO2. The van der Waals surface area contributed by atoms with Gasteiger partial charge < -0.3 is 14.8 Å². The molecule has 0 aliphatic carbocycles. The predicted molar refractivity (Wildman–Crippen MR) is 107 cm³/mol. The van der Waals surface area contributed by atoms with E-state index >= 15 is 0 Å². The van der Waals surface area contributed by atoms with Crippen molar-refractivity contribution in [1.29, 1.82) is 0 Å². The maximum Gasteiger partial charge on any atom is 0.121 e. The van der Waals surface area contributed by atoms with Crippen molar-refractivity contribution < 1.29 is 9.47 Å². The molecule has 0 heterocycles. The van der Waals surface area contributed by atoms with Crippen molar-refractivity contribution in [3.05, 3.63) is 90.0 Å². The van der Waals surface area contributed by atoms with Crippen molar-refractivity contribution in [3.8, 4) is 11.5 Å². The van der Waals surface area contributed by atoms with E-state index in [0.717, 1.165) is 29.3 Å². The molecular weight excluding hydrogens is 322 g/mol. The largest absolute Gasteiger partial charge is 0.489 e. The molecule has 3 nitrogen and oxygen atoms in total. The molecule has 1 atom stereocenters. The molecule has 3 rings (SSSR count). The molecule has 0 saturated carbocycles. The summed E-state index contributed by atoms with van der Waals surface area (Å²) in [6.45, 7) is 5.41. The van der Waals surface area contributed by atoms with Crippen LogP contribution in [0.2, 0.25) is 0 Å². The van der Waals surface area contributed by atoms with E-state index in [1.165, 1.54) is 5.56 Å². The summed E-state index contributed by atoms with van der Waals surface area (Å²) in [5.41, 5.74) is 3.38. The molecule has 0 aliphatic rings. The smallest absolute Gasteiger partial charge is 0.121 e. The lowest BCUT2D eigenvalue weighted by atomic mass is 10.2. The third-order valence-electron chi connectivity index (χ3n) is 4.00. The van der Waals surface area contributed by atoms with Crippen LogP contribution in [-0.4, -0.2) is 12.6 Å². The summed E-state index contributed by atoms with van der Waals surface area (Å²) < 4.78 is 11.8. The first-order valence-corrected chi connectivity index (χ1v) is 8.93. The fourth-order valence-electron chi connectivity index (χ4n) is 2.66. The van der Waals surface area contributed by atoms with Crippen molar-refractivity contribution in [2.24, 2.45) is 0 Å². The SMILES string of the molecule is Cc1cccc(OC(C)CNc2cccc(OCc3ccccc3)c2)c1. The topological polar surface area (TPSA) is 30.5 Å². The highest BCUT2D eigenvalue weighted by atomic mass is 16.5. The zero-order valence-electron chi connectivity index (χ0n) is 15.3. The van der Waals surface area contributed by atoms with Crippen molar-refractivity contribution >= 4 is 5.69 Å². The minimum Gasteiger partial charge on any atom is -0.489 e. The van der Waals surface area contributed by atoms with E-state index in [1.807, 2.05) is 54.6 Å². The molecule has 1 unspecified atom stereocenters. The van der Waals surface area contributed by atoms with Crippen molar-refractivity contribution in [2.45, 2.75) is 26.6 Å². The van der Waals surface area contributed by atoms with E-state index in [1.54, 1.807) is 0 Å². The van der Waals surface area contributed by atoms with E-state index in [-0.39, 0.29) is 6.10 Å². The van der Waals surface area contributed by atoms with Crippen LogP contribution >= 0.6 is 0 Å². The van der Waals surface area contributed by atoms with Gasteiger partial charge in [-0.05, 0) is 49.2 Å². The molecule has 0 fully saturated rings. The number of anilines is 1. The van der Waals surface area contributed by atoms with Gasteiger partial charge in [-0.3, -0.25) is 0 Å². The highest BCUT2D eigenvalue weighted by Crippen LogP contribution is 2.19. The second kappa shape index (κ2) is 8.95. The molecule has 3 aromatic rings. The number of hydrogen-bond acceptors (Lipinski definition) is 3. The van der Waals surface area contributed by atoms with Gasteiger partial charge in [0.1, 0.15) is 24.2 Å². The standard InChI is InChI=1S/C23H25NO2/c1-18-8-6-13-23(14-18)26-19(2)16-24-21-11-7-12-22(15-21)25-17-20-9-4-3-5-10-20/h3-15,19,24H,16-17H2,1-2H3. The fraction of sp³-hybridized carbons (Fsp3) is 0.217. The molecule has 1 N–H and O–H groups in total. The second-order valence-electron chi connectivity index (χ2n) is 6.43. The lowest BCUT2D eigenvalue weighted by molar-refractivity contribution is 0.234. The quantitative estimate of drug-likeness (QED) is 0.587. The summed E-state index contributed by atoms with van der Waals surface area (Å²) >= 11 is 0. The molecule has 26 heavy (non-hydrogen) atoms. The minimum atomic E-state index is 0.0608. The summed E-state index contributed by atoms with van der Waals surface area (Å²) in [7, 11) is 0. The van der Waals surface area contributed by atoms with Gasteiger partial charge in [-0.2, -0.15) is 0 Å². The van der Waals surface area contributed by atoms with Crippen LogP contribution in [0.3, 0.4) is 0 Å². The Bertz CT molecular complexity index is 817. The van der Waals surface area contributed by atoms with Crippen LogP contribution in [0.4, 0.5) is 5.69 Å². The molecule has 0 spiro atoms. The van der Waals surface area contributed by atoms with Crippen LogP contribution in [0.25, 0.3) is 0 Å². The lowest BCUT2D eigenvalue weighted by Gasteiger charge is -2.17. The van der Waals surface area contributed by atoms with Crippen molar-refractivity contribution in [2.75, 3.05) is 11.9 Å². The Labute approximate surface area is 155 Å². The van der Waals surface area contributed by atoms with Crippen LogP contribution in [0.1, 0.15) is 18.1 Å². The van der Waals surface area contributed by atoms with Crippen molar-refractivity contribution in [3.63, 3.8) is 0 Å². The van der Waals surface area contributed by atoms with Crippen LogP contribution in [0, 0.1) is 6.92 Å². The summed E-state index contributed by atoms with van der Waals surface area (Å²) in [4.78, 5) is 0. The average Bonchev–Trinajstić information content (AvgIpc) is 2.66. The Morgan fingerprint density at radius 1 is 0.846 bits per heavy atom. The second-order valence-corrected chi connectivity index (χ2v) is 6.43. The summed E-state index contributed by atoms with van der Waals surface area (Å²) in [5, 5.41) is 3.41. The van der Waals surface area contributed by atoms with Gasteiger partial charge in [0, 0.05) is 11.8 Å². The molecule has 0 bridgehead atoms. The number of hydrogen-bond donors (Lipinski definition) is 1. The van der Waals surface area contributed by atoms with E-state index in [4.69, 9.17) is 9.47 Å². The zero-order chi connectivity index (χ0) is 18.2. The first-order chi connectivity index (χ1) is 12.7. The third-order valence-corrected chi connectivity index (χ3v) is 4.00. The highest BCUT2D eigenvalue weighted by Gasteiger charge is 2.05. The molecule has 0 aromatic heterocycles. The zero-order valence-corrected chi connectivity index (χ0v) is 15.3. The van der Waals surface area contributed by atoms with Gasteiger partial charge in [0.15, 0.2) is 0 Å². The molecule has 0 radical (unpaired) electrons. The van der Waals surface area contributed by atoms with Crippen molar-refractivity contribution in [1.82, 2.24) is 0 Å². The normalized spacial score (nSPS) is 11.6. The van der Waals surface area contributed by atoms with Crippen LogP contribution < -0.4 is 14.8 Å². The number of rotatable bonds is 8. The number of benzene rings is 3. The van der Waals surface area contributed by atoms with Crippen LogP contribution in [0.15, 0.2) is 78.9 Å². The maximum atomic E-state index is 5.96. The number of nitrogens with one attached hydrogen (secondary N) is 1. The van der Waals surface area contributed by atoms with Gasteiger partial charge in [-0.1, -0.05) is 48.5 Å². The Hall–Kier alpha value is -2.94. The maximum absolute atomic E-state index is 5.96. The van der Waals surface area contributed by atoms with E-state index < -0.39 is 0 Å². The minimum absolute atomic E-state index is 0.0608. The molecule has 134 valence electrons. The van der Waals surface area contributed by atoms with Gasteiger partial charge in [-0.25, -0.2) is 0 Å². The van der Waals surface area contributed by atoms with Gasteiger partial charge >= 0.3 is 0 Å². The molecule has 3 aromatic carbocycles. The van der Waals surface area contributed by atoms with Crippen LogP contribution in [0.5, 0.6) is 11.5 Å². The third kappa shape index (κ3) is 5.55. The van der Waals surface area contributed by atoms with Gasteiger partial charge in [0.05, 0.1) is 6.54 Å². The predicted octanol–water partition coefficient (Wildman–Crippen LogP) is 5.45. The van der Waals surface area contributed by atoms with E-state index in [9.17, 15) is 0 Å². The van der Waals surface area contributed by atoms with E-state index in [0.29, 0.717) is 6.61 Å². The summed E-state index contributed by atoms with van der Waals surface area (Å²) in [6.07, 6.45) is 0.0608. The number of ether oxygens (including phenoxy) is 2. The Morgan fingerprint density at radius 3 is 2.42 bits per heavy atom. The molecule has 0 amide bonds. The summed E-state index contributed by atoms with van der Waals surface area (Å²) in [5.74, 6) is 1.75. The first-order valence-electron chi connectivity index (χ1n) is 8.93. The lowest BCUT2D eigenvalue weighted by Crippen LogP contribution is -2.22. The number of aryl methyl sites for hydroxylation is 1. The van der Waals surface area contributed by atoms with Gasteiger partial charge in [0.2, 0.25) is 0 Å². The van der Waals surface area contributed by atoms with Crippen LogP contribution in [-0.2, 0) is 6.61 Å². The summed E-state index contributed by atoms with van der Waals surface area (Å²) in [6, 6.07) is 26.3. The molecule has 3 heteroatoms. The molecule has 0 saturated heterocycles. The van der Waals surface area contributed by atoms with E-state index in [2.05, 4.69) is 43.4 Å². The fourth-order valence-corrected chi connectivity index (χ4v) is 2.66. The Kier molecular flexibility index (Phi) is 6.15. The van der Waals surface area contributed by atoms with Gasteiger partial charge in [-0.15, -0.1) is 0 Å².